The topological polar surface area (TPSA) is 74.8 Å². The highest BCUT2D eigenvalue weighted by molar-refractivity contribution is 5.94. The average molecular weight is 513 g/mol. The van der Waals surface area contributed by atoms with Crippen molar-refractivity contribution in [2.75, 3.05) is 33.3 Å². The van der Waals surface area contributed by atoms with Gasteiger partial charge in [-0.1, -0.05) is 42.5 Å². The van der Waals surface area contributed by atoms with Crippen LogP contribution in [-0.2, 0) is 11.3 Å². The zero-order valence-corrected chi connectivity index (χ0v) is 22.0. The largest absolute Gasteiger partial charge is 0.497 e. The van der Waals surface area contributed by atoms with Crippen molar-refractivity contribution in [1.82, 2.24) is 20.1 Å². The number of hydrogen-bond acceptors (Lipinski definition) is 5. The predicted molar refractivity (Wildman–Crippen MR) is 147 cm³/mol. The number of rotatable bonds is 9. The van der Waals surface area contributed by atoms with Crippen LogP contribution in [0.5, 0.6) is 5.75 Å². The molecule has 1 atom stereocenters. The van der Waals surface area contributed by atoms with Crippen molar-refractivity contribution in [3.8, 4) is 5.75 Å². The van der Waals surface area contributed by atoms with E-state index in [1.807, 2.05) is 47.4 Å². The van der Waals surface area contributed by atoms with E-state index >= 15 is 0 Å². The molecule has 0 aliphatic carbocycles. The summed E-state index contributed by atoms with van der Waals surface area (Å²) in [5.74, 6) is 1.05. The maximum absolute atomic E-state index is 13.5. The zero-order chi connectivity index (χ0) is 26.4. The Morgan fingerprint density at radius 3 is 2.34 bits per heavy atom. The Balaban J connectivity index is 1.16. The number of pyridine rings is 1. The lowest BCUT2D eigenvalue weighted by molar-refractivity contribution is -0.138. The van der Waals surface area contributed by atoms with Gasteiger partial charge in [0.05, 0.1) is 18.6 Å². The first kappa shape index (κ1) is 25.9. The molecule has 198 valence electrons. The van der Waals surface area contributed by atoms with E-state index in [2.05, 4.69) is 27.3 Å². The third-order valence-electron chi connectivity index (χ3n) is 8.13. The van der Waals surface area contributed by atoms with Crippen molar-refractivity contribution in [2.24, 2.45) is 5.41 Å². The van der Waals surface area contributed by atoms with Crippen molar-refractivity contribution in [3.63, 3.8) is 0 Å². The van der Waals surface area contributed by atoms with Crippen LogP contribution in [0.25, 0.3) is 0 Å². The number of carbonyl (C=O) groups is 2. The molecule has 0 bridgehead atoms. The number of likely N-dealkylation sites (tertiary alicyclic amines) is 2. The van der Waals surface area contributed by atoms with E-state index in [1.165, 1.54) is 0 Å². The molecule has 5 rings (SSSR count). The molecule has 2 amide bonds. The van der Waals surface area contributed by atoms with Crippen LogP contribution < -0.4 is 10.1 Å². The zero-order valence-electron chi connectivity index (χ0n) is 22.0. The van der Waals surface area contributed by atoms with Crippen molar-refractivity contribution >= 4 is 11.8 Å². The van der Waals surface area contributed by atoms with Gasteiger partial charge in [0.25, 0.3) is 5.91 Å². The molecular weight excluding hydrogens is 476 g/mol. The first-order chi connectivity index (χ1) is 18.6. The standard InChI is InChI=1S/C31H36N4O3/c1-38-27-9-7-24(8-10-27)23-35-22-16-31(30(35)37)14-20-34(21-15-31)19-13-28(25-5-3-2-4-6-25)33-29(36)26-11-17-32-18-12-26/h2-12,17-18,28H,13-16,19-23H2,1H3,(H,33,36). The molecule has 38 heavy (non-hydrogen) atoms. The molecule has 1 aromatic heterocycles. The molecule has 2 aliphatic rings. The lowest BCUT2D eigenvalue weighted by Gasteiger charge is -2.38. The summed E-state index contributed by atoms with van der Waals surface area (Å²) in [6.07, 6.45) is 6.81. The van der Waals surface area contributed by atoms with E-state index in [1.54, 1.807) is 31.6 Å². The Bertz CT molecular complexity index is 1210. The van der Waals surface area contributed by atoms with Crippen LogP contribution >= 0.6 is 0 Å². The van der Waals surface area contributed by atoms with Crippen LogP contribution in [0.2, 0.25) is 0 Å². The van der Waals surface area contributed by atoms with Gasteiger partial charge in [-0.2, -0.15) is 0 Å². The minimum absolute atomic E-state index is 0.0825. The molecule has 1 spiro atoms. The molecule has 2 aromatic carbocycles. The number of nitrogens with zero attached hydrogens (tertiary/aromatic N) is 3. The Morgan fingerprint density at radius 1 is 0.974 bits per heavy atom. The summed E-state index contributed by atoms with van der Waals surface area (Å²) < 4.78 is 5.25. The highest BCUT2D eigenvalue weighted by Gasteiger charge is 2.47. The maximum Gasteiger partial charge on any atom is 0.251 e. The van der Waals surface area contributed by atoms with Crippen LogP contribution in [0.3, 0.4) is 0 Å². The van der Waals surface area contributed by atoms with Gasteiger partial charge < -0.3 is 19.9 Å². The normalized spacial score (nSPS) is 17.9. The third kappa shape index (κ3) is 5.89. The molecule has 1 unspecified atom stereocenters. The van der Waals surface area contributed by atoms with Gasteiger partial charge in [0, 0.05) is 37.6 Å². The summed E-state index contributed by atoms with van der Waals surface area (Å²) in [6.45, 7) is 4.16. The predicted octanol–water partition coefficient (Wildman–Crippen LogP) is 4.47. The highest BCUT2D eigenvalue weighted by Crippen LogP contribution is 2.42. The van der Waals surface area contributed by atoms with E-state index in [-0.39, 0.29) is 17.4 Å². The molecule has 0 radical (unpaired) electrons. The van der Waals surface area contributed by atoms with E-state index in [0.717, 1.165) is 68.7 Å². The number of aromatic nitrogens is 1. The molecule has 3 heterocycles. The number of hydrogen-bond donors (Lipinski definition) is 1. The third-order valence-corrected chi connectivity index (χ3v) is 8.13. The number of nitrogens with one attached hydrogen (secondary N) is 1. The molecule has 7 heteroatoms. The minimum atomic E-state index is -0.225. The fourth-order valence-corrected chi connectivity index (χ4v) is 5.73. The highest BCUT2D eigenvalue weighted by atomic mass is 16.5. The summed E-state index contributed by atoms with van der Waals surface area (Å²) in [6, 6.07) is 21.5. The van der Waals surface area contributed by atoms with Gasteiger partial charge in [0.1, 0.15) is 5.75 Å². The first-order valence-corrected chi connectivity index (χ1v) is 13.5. The van der Waals surface area contributed by atoms with Crippen LogP contribution in [0, 0.1) is 5.41 Å². The SMILES string of the molecule is COc1ccc(CN2CCC3(CCN(CCC(NC(=O)c4ccncc4)c4ccccc4)CC3)C2=O)cc1. The van der Waals surface area contributed by atoms with Crippen LogP contribution in [0.4, 0.5) is 0 Å². The molecule has 0 saturated carbocycles. The number of ether oxygens (including phenoxy) is 1. The lowest BCUT2D eigenvalue weighted by Crippen LogP contribution is -2.45. The molecule has 2 aliphatic heterocycles. The molecule has 1 N–H and O–H groups in total. The fourth-order valence-electron chi connectivity index (χ4n) is 5.73. The van der Waals surface area contributed by atoms with E-state index < -0.39 is 0 Å². The van der Waals surface area contributed by atoms with Crippen LogP contribution in [0.15, 0.2) is 79.1 Å². The van der Waals surface area contributed by atoms with E-state index in [9.17, 15) is 9.59 Å². The fraction of sp³-hybridized carbons (Fsp3) is 0.387. The number of piperidine rings is 1. The summed E-state index contributed by atoms with van der Waals surface area (Å²) >= 11 is 0. The molecular formula is C31H36N4O3. The second kappa shape index (κ2) is 11.8. The van der Waals surface area contributed by atoms with Crippen LogP contribution in [-0.4, -0.2) is 59.9 Å². The van der Waals surface area contributed by atoms with Crippen molar-refractivity contribution in [1.29, 1.82) is 0 Å². The quantitative estimate of drug-likeness (QED) is 0.458. The van der Waals surface area contributed by atoms with Gasteiger partial charge in [0.15, 0.2) is 0 Å². The van der Waals surface area contributed by atoms with Crippen LogP contribution in [0.1, 0.15) is 53.2 Å². The van der Waals surface area contributed by atoms with Crippen molar-refractivity contribution in [3.05, 3.63) is 95.8 Å². The summed E-state index contributed by atoms with van der Waals surface area (Å²) in [5, 5.41) is 3.22. The van der Waals surface area contributed by atoms with Gasteiger partial charge in [-0.15, -0.1) is 0 Å². The number of amides is 2. The van der Waals surface area contributed by atoms with Gasteiger partial charge in [-0.05, 0) is 74.2 Å². The monoisotopic (exact) mass is 512 g/mol. The molecule has 2 saturated heterocycles. The summed E-state index contributed by atoms with van der Waals surface area (Å²) in [7, 11) is 1.66. The number of carbonyl (C=O) groups excluding carboxylic acids is 2. The molecule has 3 aromatic rings. The van der Waals surface area contributed by atoms with Crippen molar-refractivity contribution in [2.45, 2.75) is 38.3 Å². The maximum atomic E-state index is 13.5. The average Bonchev–Trinajstić information content (AvgIpc) is 3.27. The number of methoxy groups -OCH3 is 1. The summed E-state index contributed by atoms with van der Waals surface area (Å²) in [4.78, 5) is 34.8. The first-order valence-electron chi connectivity index (χ1n) is 13.5. The Kier molecular flexibility index (Phi) is 8.03. The Hall–Kier alpha value is -3.71. The summed E-state index contributed by atoms with van der Waals surface area (Å²) in [5.41, 5.74) is 2.62. The smallest absolute Gasteiger partial charge is 0.251 e. The van der Waals surface area contributed by atoms with Gasteiger partial charge in [-0.3, -0.25) is 14.6 Å². The lowest BCUT2D eigenvalue weighted by atomic mass is 9.77. The number of benzene rings is 2. The minimum Gasteiger partial charge on any atom is -0.497 e. The molecule has 2 fully saturated rings. The van der Waals surface area contributed by atoms with Gasteiger partial charge in [0.2, 0.25) is 5.91 Å². The van der Waals surface area contributed by atoms with Crippen molar-refractivity contribution < 1.29 is 14.3 Å². The second-order valence-corrected chi connectivity index (χ2v) is 10.4. The second-order valence-electron chi connectivity index (χ2n) is 10.4. The van der Waals surface area contributed by atoms with E-state index in [0.29, 0.717) is 18.0 Å². The van der Waals surface area contributed by atoms with E-state index in [4.69, 9.17) is 4.74 Å². The Morgan fingerprint density at radius 2 is 1.66 bits per heavy atom. The van der Waals surface area contributed by atoms with Gasteiger partial charge in [-0.25, -0.2) is 0 Å². The Labute approximate surface area is 224 Å². The van der Waals surface area contributed by atoms with Gasteiger partial charge >= 0.3 is 0 Å². The molecule has 7 nitrogen and oxygen atoms in total.